The molecule has 7 rings (SSSR count). The number of fused-ring (bicyclic) bond motifs is 2. The monoisotopic (exact) mass is 707 g/mol. The molecule has 3 N–H and O–H groups in total. The second kappa shape index (κ2) is 14.2. The van der Waals surface area contributed by atoms with Gasteiger partial charge >= 0.3 is 11.8 Å². The molecule has 11 nitrogen and oxygen atoms in total. The van der Waals surface area contributed by atoms with Crippen LogP contribution in [0, 0.1) is 5.92 Å². The van der Waals surface area contributed by atoms with Gasteiger partial charge in [-0.3, -0.25) is 9.59 Å². The van der Waals surface area contributed by atoms with E-state index in [-0.39, 0.29) is 35.3 Å². The molecule has 3 aliphatic rings. The minimum Gasteiger partial charge on any atom is -0.383 e. The molecule has 3 atom stereocenters. The Bertz CT molecular complexity index is 1740. The maximum atomic E-state index is 13.9. The van der Waals surface area contributed by atoms with E-state index in [9.17, 15) is 9.59 Å². The van der Waals surface area contributed by atoms with E-state index in [0.717, 1.165) is 56.0 Å². The number of anilines is 2. The number of hydrogen-bond donors (Lipinski definition) is 2. The maximum absolute atomic E-state index is 13.9. The third-order valence-electron chi connectivity index (χ3n) is 10.2. The summed E-state index contributed by atoms with van der Waals surface area (Å²) in [5.74, 6) is -0.152. The van der Waals surface area contributed by atoms with Crippen LogP contribution in [0.5, 0.6) is 0 Å². The Morgan fingerprint density at radius 3 is 2.62 bits per heavy atom. The van der Waals surface area contributed by atoms with E-state index >= 15 is 0 Å². The maximum Gasteiger partial charge on any atom is 0.314 e. The number of nitrogens with one attached hydrogen (secondary N) is 1. The van der Waals surface area contributed by atoms with E-state index in [4.69, 9.17) is 15.5 Å². The van der Waals surface area contributed by atoms with Gasteiger partial charge in [-0.1, -0.05) is 13.0 Å². The predicted octanol–water partition coefficient (Wildman–Crippen LogP) is 5.85. The number of nitrogen functional groups attached to an aromatic ring is 1. The Labute approximate surface area is 290 Å². The fraction of sp³-hybridized carbons (Fsp3) is 0.559. The molecule has 0 bridgehead atoms. The molecule has 47 heavy (non-hydrogen) atoms. The van der Waals surface area contributed by atoms with Crippen molar-refractivity contribution in [1.82, 2.24) is 29.5 Å². The first-order valence-electron chi connectivity index (χ1n) is 16.7. The van der Waals surface area contributed by atoms with E-state index in [1.54, 1.807) is 27.1 Å². The fourth-order valence-corrected chi connectivity index (χ4v) is 8.64. The summed E-state index contributed by atoms with van der Waals surface area (Å²) in [6, 6.07) is 6.84. The van der Waals surface area contributed by atoms with Crippen LogP contribution in [0.25, 0.3) is 21.1 Å². The normalized spacial score (nSPS) is 25.2. The number of piperidine rings is 1. The molecule has 255 valence electrons. The molecular weight excluding hydrogens is 664 g/mol. The minimum atomic E-state index is -0.699. The Morgan fingerprint density at radius 1 is 1.06 bits per heavy atom. The summed E-state index contributed by atoms with van der Waals surface area (Å²) in [5, 5.41) is 9.23. The topological polar surface area (TPSA) is 132 Å². The number of carbonyl (C=O) groups is 2. The van der Waals surface area contributed by atoms with E-state index in [1.807, 2.05) is 0 Å². The van der Waals surface area contributed by atoms with Crippen LogP contribution in [-0.2, 0) is 31.4 Å². The van der Waals surface area contributed by atoms with Gasteiger partial charge < -0.3 is 25.6 Å². The largest absolute Gasteiger partial charge is 0.383 e. The van der Waals surface area contributed by atoms with E-state index in [0.29, 0.717) is 47.5 Å². The van der Waals surface area contributed by atoms with Crippen molar-refractivity contribution < 1.29 is 31.4 Å². The van der Waals surface area contributed by atoms with Gasteiger partial charge in [0.2, 0.25) is 0 Å². The molecule has 2 aliphatic heterocycles. The second-order valence-electron chi connectivity index (χ2n) is 13.6. The molecular formula is C34H44CuN8O3S. The smallest absolute Gasteiger partial charge is 0.314 e. The standard InChI is InChI=1S/C34H44N8O3S.Cu/c1-20-7-13-27(22-10-14-28-25(16-22)39-33(46-28)21-8-11-23(12-9-21)40(2)3)41(19-20)34(44)32(43)38-26-18-36-31(35)24-17-37-42(30(24)26)29-6-4-5-15-45-29;/h10,14,16-18,20-21,23,27,29H,4-9,11-13,15,19H2,1-3H3,(H2,35,36)(H,38,43);/t20-,21?,23?,27+,29?;/m0./s1. The molecule has 13 heteroatoms. The molecule has 1 radical (unpaired) electrons. The Morgan fingerprint density at radius 2 is 1.87 bits per heavy atom. The van der Waals surface area contributed by atoms with Crippen molar-refractivity contribution >= 4 is 55.8 Å². The van der Waals surface area contributed by atoms with Gasteiger partial charge in [0.1, 0.15) is 11.3 Å². The van der Waals surface area contributed by atoms with E-state index < -0.39 is 11.8 Å². The molecule has 1 saturated carbocycles. The van der Waals surface area contributed by atoms with Crippen molar-refractivity contribution in [2.75, 3.05) is 38.3 Å². The number of pyridine rings is 1. The first-order chi connectivity index (χ1) is 22.3. The molecule has 3 aromatic heterocycles. The van der Waals surface area contributed by atoms with Gasteiger partial charge in [0.15, 0.2) is 6.23 Å². The number of nitrogens with two attached hydrogens (primary N) is 1. The van der Waals surface area contributed by atoms with Crippen molar-refractivity contribution in [3.05, 3.63) is 41.2 Å². The first kappa shape index (κ1) is 33.8. The van der Waals surface area contributed by atoms with Crippen LogP contribution in [-0.4, -0.2) is 74.7 Å². The summed E-state index contributed by atoms with van der Waals surface area (Å²) < 4.78 is 8.90. The number of ether oxygens (including phenoxy) is 1. The average molecular weight is 708 g/mol. The number of hydrogen-bond acceptors (Lipinski definition) is 9. The molecule has 1 unspecified atom stereocenters. The zero-order valence-electron chi connectivity index (χ0n) is 27.2. The van der Waals surface area contributed by atoms with Crippen molar-refractivity contribution in [2.45, 2.75) is 88.9 Å². The van der Waals surface area contributed by atoms with Crippen LogP contribution in [0.3, 0.4) is 0 Å². The molecule has 1 aromatic carbocycles. The second-order valence-corrected chi connectivity index (χ2v) is 14.7. The van der Waals surface area contributed by atoms with Crippen molar-refractivity contribution in [2.24, 2.45) is 5.92 Å². The zero-order chi connectivity index (χ0) is 31.9. The van der Waals surface area contributed by atoms with Crippen LogP contribution in [0.1, 0.15) is 93.5 Å². The van der Waals surface area contributed by atoms with Gasteiger partial charge in [0.05, 0.1) is 44.7 Å². The summed E-state index contributed by atoms with van der Waals surface area (Å²) >= 11 is 1.80. The fourth-order valence-electron chi connectivity index (χ4n) is 7.52. The van der Waals surface area contributed by atoms with Crippen LogP contribution >= 0.6 is 11.3 Å². The number of benzene rings is 1. The Kier molecular flexibility index (Phi) is 10.2. The van der Waals surface area contributed by atoms with Gasteiger partial charge in [-0.15, -0.1) is 11.3 Å². The van der Waals surface area contributed by atoms with E-state index in [2.05, 4.69) is 59.5 Å². The number of nitrogens with zero attached hydrogens (tertiary/aromatic N) is 6. The summed E-state index contributed by atoms with van der Waals surface area (Å²) in [5.41, 5.74) is 9.19. The third kappa shape index (κ3) is 6.78. The summed E-state index contributed by atoms with van der Waals surface area (Å²) in [6.45, 7) is 3.29. The quantitative estimate of drug-likeness (QED) is 0.195. The molecule has 0 spiro atoms. The number of amides is 2. The van der Waals surface area contributed by atoms with Crippen molar-refractivity contribution in [3.8, 4) is 0 Å². The average Bonchev–Trinajstić information content (AvgIpc) is 3.72. The minimum absolute atomic E-state index is 0. The molecule has 4 aromatic rings. The Balaban J connectivity index is 0.00000386. The molecule has 5 heterocycles. The van der Waals surface area contributed by atoms with Gasteiger partial charge in [-0.25, -0.2) is 14.6 Å². The van der Waals surface area contributed by atoms with Crippen molar-refractivity contribution in [1.29, 1.82) is 0 Å². The predicted molar refractivity (Wildman–Crippen MR) is 181 cm³/mol. The van der Waals surface area contributed by atoms with Crippen molar-refractivity contribution in [3.63, 3.8) is 0 Å². The van der Waals surface area contributed by atoms with Crippen LogP contribution < -0.4 is 11.1 Å². The van der Waals surface area contributed by atoms with Gasteiger partial charge in [0, 0.05) is 42.2 Å². The van der Waals surface area contributed by atoms with Gasteiger partial charge in [-0.05, 0) is 95.5 Å². The number of aromatic nitrogens is 4. The van der Waals surface area contributed by atoms with Crippen LogP contribution in [0.15, 0.2) is 30.6 Å². The number of carbonyl (C=O) groups excluding carboxylic acids is 2. The van der Waals surface area contributed by atoms with Crippen LogP contribution in [0.4, 0.5) is 11.5 Å². The zero-order valence-corrected chi connectivity index (χ0v) is 29.0. The van der Waals surface area contributed by atoms with E-state index in [1.165, 1.54) is 28.7 Å². The summed E-state index contributed by atoms with van der Waals surface area (Å²) in [4.78, 5) is 41.0. The molecule has 1 aliphatic carbocycles. The van der Waals surface area contributed by atoms with Gasteiger partial charge in [-0.2, -0.15) is 5.10 Å². The third-order valence-corrected chi connectivity index (χ3v) is 11.4. The number of rotatable bonds is 5. The number of likely N-dealkylation sites (tertiary alicyclic amines) is 1. The SMILES string of the molecule is C[C@H]1CC[C@H](c2ccc3sc(C4CCC(N(C)C)CC4)nc3c2)N(C(=O)C(=O)Nc2cnc(N)c3cnn(C4CCCCO4)c23)C1.[Cu]. The number of thiazole rings is 1. The first-order valence-corrected chi connectivity index (χ1v) is 17.5. The van der Waals surface area contributed by atoms with Crippen LogP contribution in [0.2, 0.25) is 0 Å². The summed E-state index contributed by atoms with van der Waals surface area (Å²) in [6.07, 6.45) is 12.2. The van der Waals surface area contributed by atoms with Gasteiger partial charge in [0.25, 0.3) is 0 Å². The molecule has 2 amide bonds. The summed E-state index contributed by atoms with van der Waals surface area (Å²) in [7, 11) is 4.34. The Hall–Kier alpha value is -3.09. The molecule has 2 saturated heterocycles. The molecule has 3 fully saturated rings.